The fourth-order valence-electron chi connectivity index (χ4n) is 6.38. The average molecular weight is 557 g/mol. The molecule has 2 aliphatic heterocycles. The Labute approximate surface area is 251 Å². The molecular weight excluding hydrogens is 516 g/mol. The number of hydrogen-bond donors (Lipinski definition) is 1. The lowest BCUT2D eigenvalue weighted by Crippen LogP contribution is -2.45. The van der Waals surface area contributed by atoms with E-state index in [9.17, 15) is 0 Å². The molecule has 1 atom stereocenters. The number of aromatic nitrogens is 3. The van der Waals surface area contributed by atoms with Crippen LogP contribution in [0.5, 0.6) is 0 Å². The van der Waals surface area contributed by atoms with Crippen molar-refractivity contribution in [1.82, 2.24) is 19.5 Å². The summed E-state index contributed by atoms with van der Waals surface area (Å²) in [5, 5.41) is 8.09. The lowest BCUT2D eigenvalue weighted by Gasteiger charge is -2.38. The highest BCUT2D eigenvalue weighted by atomic mass is 15.3. The minimum Gasteiger partial charge on any atom is -0.372 e. The largest absolute Gasteiger partial charge is 0.372 e. The van der Waals surface area contributed by atoms with Crippen LogP contribution < -0.4 is 26.0 Å². The summed E-state index contributed by atoms with van der Waals surface area (Å²) >= 11 is 0. The number of anilines is 3. The number of rotatable bonds is 8. The van der Waals surface area contributed by atoms with Crippen LogP contribution in [0.2, 0.25) is 0 Å². The number of piperazine rings is 1. The summed E-state index contributed by atoms with van der Waals surface area (Å²) in [4.78, 5) is 12.5. The Kier molecular flexibility index (Phi) is 8.00. The van der Waals surface area contributed by atoms with Gasteiger partial charge in [0, 0.05) is 61.7 Å². The molecule has 1 unspecified atom stereocenters. The fraction of sp³-hybridized carbons (Fsp3) is 0.333. The van der Waals surface area contributed by atoms with Crippen LogP contribution in [0.4, 0.5) is 17.2 Å². The molecule has 1 N–H and O–H groups in total. The second-order valence-electron chi connectivity index (χ2n) is 11.7. The lowest BCUT2D eigenvalue weighted by atomic mass is 9.80. The SMILES string of the molecule is Bc1ccc(B)c(C2CCCCN2c2ccn3ncc(C(=C)Nc4ccc(N5CCN(C(=C)CC)CC5)cc4)c3n2)c1. The number of nitrogens with one attached hydrogen (secondary N) is 1. The Morgan fingerprint density at radius 1 is 0.976 bits per heavy atom. The number of benzene rings is 2. The second kappa shape index (κ2) is 12.0. The standard InChI is InChI=1S/C33H41B2N7/c1-4-23(2)39-17-19-40(20-18-39)27-11-9-26(10-12-27)37-24(3)29-22-36-42-16-14-32(38-33(29)42)41-15-6-5-7-31(41)28-21-25(34)8-13-30(28)35/h8-14,16,21-22,31,37H,2-7,15,17-20,34-35H2,1H3. The molecule has 214 valence electrons. The van der Waals surface area contributed by atoms with Crippen molar-refractivity contribution in [3.05, 3.63) is 90.9 Å². The zero-order chi connectivity index (χ0) is 29.2. The molecular formula is C33H41B2N7. The zero-order valence-corrected chi connectivity index (χ0v) is 25.3. The molecule has 2 aromatic carbocycles. The first-order chi connectivity index (χ1) is 20.4. The van der Waals surface area contributed by atoms with E-state index in [1.165, 1.54) is 40.7 Å². The predicted molar refractivity (Wildman–Crippen MR) is 182 cm³/mol. The van der Waals surface area contributed by atoms with Crippen LogP contribution in [-0.4, -0.2) is 67.9 Å². The Bertz CT molecular complexity index is 1590. The van der Waals surface area contributed by atoms with E-state index in [0.717, 1.165) is 74.0 Å². The smallest absolute Gasteiger partial charge is 0.166 e. The highest BCUT2D eigenvalue weighted by Crippen LogP contribution is 2.34. The third-order valence-electron chi connectivity index (χ3n) is 8.93. The third kappa shape index (κ3) is 5.65. The van der Waals surface area contributed by atoms with Gasteiger partial charge in [-0.1, -0.05) is 49.2 Å². The van der Waals surface area contributed by atoms with E-state index in [-0.39, 0.29) is 0 Å². The highest BCUT2D eigenvalue weighted by molar-refractivity contribution is 6.36. The van der Waals surface area contributed by atoms with Gasteiger partial charge in [0.15, 0.2) is 5.65 Å². The van der Waals surface area contributed by atoms with Crippen molar-refractivity contribution in [1.29, 1.82) is 0 Å². The molecule has 42 heavy (non-hydrogen) atoms. The number of hydrogen-bond acceptors (Lipinski definition) is 6. The maximum Gasteiger partial charge on any atom is 0.166 e. The van der Waals surface area contributed by atoms with E-state index in [2.05, 4.69) is 109 Å². The molecule has 0 radical (unpaired) electrons. The van der Waals surface area contributed by atoms with Crippen LogP contribution >= 0.6 is 0 Å². The normalized spacial score (nSPS) is 17.5. The maximum absolute atomic E-state index is 5.16. The molecule has 4 heterocycles. The number of piperidine rings is 1. The molecule has 2 aliphatic rings. The molecule has 0 aliphatic carbocycles. The van der Waals surface area contributed by atoms with E-state index >= 15 is 0 Å². The lowest BCUT2D eigenvalue weighted by molar-refractivity contribution is 0.315. The van der Waals surface area contributed by atoms with Gasteiger partial charge in [0.2, 0.25) is 0 Å². The topological polar surface area (TPSA) is 51.9 Å². The zero-order valence-electron chi connectivity index (χ0n) is 25.3. The molecule has 0 bridgehead atoms. The van der Waals surface area contributed by atoms with Gasteiger partial charge in [-0.2, -0.15) is 5.10 Å². The van der Waals surface area contributed by atoms with E-state index in [4.69, 9.17) is 4.98 Å². The number of nitrogens with zero attached hydrogens (tertiary/aromatic N) is 6. The van der Waals surface area contributed by atoms with Crippen LogP contribution in [0.15, 0.2) is 79.8 Å². The van der Waals surface area contributed by atoms with Crippen LogP contribution in [0, 0.1) is 0 Å². The van der Waals surface area contributed by atoms with Gasteiger partial charge in [-0.3, -0.25) is 0 Å². The third-order valence-corrected chi connectivity index (χ3v) is 8.93. The Morgan fingerprint density at radius 2 is 1.76 bits per heavy atom. The second-order valence-corrected chi connectivity index (χ2v) is 11.7. The number of fused-ring (bicyclic) bond motifs is 1. The van der Waals surface area contributed by atoms with Gasteiger partial charge in [0.1, 0.15) is 21.5 Å². The minimum atomic E-state index is 0.327. The van der Waals surface area contributed by atoms with E-state index < -0.39 is 0 Å². The molecule has 0 spiro atoms. The summed E-state index contributed by atoms with van der Waals surface area (Å²) in [6.07, 6.45) is 8.44. The molecule has 0 saturated carbocycles. The summed E-state index contributed by atoms with van der Waals surface area (Å²) in [6.45, 7) is 15.8. The predicted octanol–water partition coefficient (Wildman–Crippen LogP) is 3.11. The van der Waals surface area contributed by atoms with Crippen molar-refractivity contribution in [3.8, 4) is 0 Å². The van der Waals surface area contributed by atoms with Crippen molar-refractivity contribution in [2.45, 2.75) is 38.6 Å². The molecule has 4 aromatic rings. The Balaban J connectivity index is 1.18. The van der Waals surface area contributed by atoms with Gasteiger partial charge >= 0.3 is 0 Å². The Hall–Kier alpha value is -4.13. The van der Waals surface area contributed by atoms with Gasteiger partial charge in [-0.15, -0.1) is 0 Å². The highest BCUT2D eigenvalue weighted by Gasteiger charge is 2.27. The molecule has 2 fully saturated rings. The quantitative estimate of drug-likeness (QED) is 0.337. The summed E-state index contributed by atoms with van der Waals surface area (Å²) in [5.41, 5.74) is 10.1. The minimum absolute atomic E-state index is 0.327. The molecule has 0 amide bonds. The van der Waals surface area contributed by atoms with Gasteiger partial charge < -0.3 is 20.0 Å². The van der Waals surface area contributed by atoms with Crippen LogP contribution in [0.3, 0.4) is 0 Å². The van der Waals surface area contributed by atoms with Crippen molar-refractivity contribution >= 4 is 55.2 Å². The molecule has 7 nitrogen and oxygen atoms in total. The van der Waals surface area contributed by atoms with Gasteiger partial charge in [-0.25, -0.2) is 9.50 Å². The fourth-order valence-corrected chi connectivity index (χ4v) is 6.38. The van der Waals surface area contributed by atoms with Crippen LogP contribution in [0.1, 0.15) is 49.8 Å². The van der Waals surface area contributed by atoms with E-state index in [1.54, 1.807) is 0 Å². The molecule has 2 saturated heterocycles. The van der Waals surface area contributed by atoms with Gasteiger partial charge in [0.05, 0.1) is 17.8 Å². The van der Waals surface area contributed by atoms with Crippen molar-refractivity contribution in [2.24, 2.45) is 0 Å². The summed E-state index contributed by atoms with van der Waals surface area (Å²) in [5.74, 6) is 0.995. The first kappa shape index (κ1) is 28.0. The van der Waals surface area contributed by atoms with Crippen LogP contribution in [-0.2, 0) is 0 Å². The van der Waals surface area contributed by atoms with Crippen molar-refractivity contribution in [2.75, 3.05) is 47.8 Å². The molecule has 2 aromatic heterocycles. The first-order valence-electron chi connectivity index (χ1n) is 15.3. The summed E-state index contributed by atoms with van der Waals surface area (Å²) in [6, 6.07) is 17.9. The van der Waals surface area contributed by atoms with E-state index in [0.29, 0.717) is 6.04 Å². The number of allylic oxidation sites excluding steroid dienone is 1. The monoisotopic (exact) mass is 557 g/mol. The molecule has 6 rings (SSSR count). The first-order valence-corrected chi connectivity index (χ1v) is 15.3. The maximum atomic E-state index is 5.16. The van der Waals surface area contributed by atoms with Crippen LogP contribution in [0.25, 0.3) is 11.3 Å². The van der Waals surface area contributed by atoms with Crippen molar-refractivity contribution in [3.63, 3.8) is 0 Å². The summed E-state index contributed by atoms with van der Waals surface area (Å²) < 4.78 is 1.85. The van der Waals surface area contributed by atoms with E-state index in [1.807, 2.05) is 16.9 Å². The van der Waals surface area contributed by atoms with Crippen molar-refractivity contribution < 1.29 is 0 Å². The van der Waals surface area contributed by atoms with Gasteiger partial charge in [-0.05, 0) is 61.6 Å². The summed E-state index contributed by atoms with van der Waals surface area (Å²) in [7, 11) is 4.40. The Morgan fingerprint density at radius 3 is 2.52 bits per heavy atom. The molecule has 9 heteroatoms. The average Bonchev–Trinajstić information content (AvgIpc) is 3.46. The van der Waals surface area contributed by atoms with Gasteiger partial charge in [0.25, 0.3) is 0 Å².